The van der Waals surface area contributed by atoms with E-state index in [1.54, 1.807) is 12.1 Å². The molecule has 3 nitrogen and oxygen atoms in total. The highest BCUT2D eigenvalue weighted by atomic mass is 79.9. The first-order valence-corrected chi connectivity index (χ1v) is 9.69. The van der Waals surface area contributed by atoms with Crippen molar-refractivity contribution in [3.63, 3.8) is 0 Å². The Morgan fingerprint density at radius 2 is 1.59 bits per heavy atom. The molecule has 3 aromatic rings. The molecule has 0 saturated heterocycles. The molecule has 0 unspecified atom stereocenters. The third-order valence-electron chi connectivity index (χ3n) is 4.40. The Bertz CT molecular complexity index is 907. The maximum absolute atomic E-state index is 11.0. The molecule has 0 aliphatic carbocycles. The van der Waals surface area contributed by atoms with Crippen LogP contribution in [0.3, 0.4) is 0 Å². The van der Waals surface area contributed by atoms with Gasteiger partial charge >= 0.3 is 5.97 Å². The third-order valence-corrected chi connectivity index (χ3v) is 5.14. The number of hydrogen-bond donors (Lipinski definition) is 1. The molecule has 0 fully saturated rings. The smallest absolute Gasteiger partial charge is 0.335 e. The zero-order valence-electron chi connectivity index (χ0n) is 14.9. The molecular weight excluding hydrogens is 404 g/mol. The summed E-state index contributed by atoms with van der Waals surface area (Å²) in [6.07, 6.45) is 2.72. The molecule has 0 saturated carbocycles. The van der Waals surface area contributed by atoms with E-state index in [1.165, 1.54) is 5.56 Å². The fourth-order valence-electron chi connectivity index (χ4n) is 2.94. The van der Waals surface area contributed by atoms with Crippen LogP contribution in [0, 0.1) is 0 Å². The molecule has 0 amide bonds. The predicted molar refractivity (Wildman–Crippen MR) is 110 cm³/mol. The van der Waals surface area contributed by atoms with Gasteiger partial charge in [-0.3, -0.25) is 0 Å². The standard InChI is InChI=1S/C23H21BrO3/c24-21-15-20(23(25)26)14-13-18(21)10-6-11-19-9-4-5-12-22(19)27-16-17-7-2-1-3-8-17/h1-5,7-9,12-15H,6,10-11,16H2,(H,25,26). The van der Waals surface area contributed by atoms with Gasteiger partial charge in [0.15, 0.2) is 0 Å². The molecule has 138 valence electrons. The van der Waals surface area contributed by atoms with Crippen LogP contribution in [-0.4, -0.2) is 11.1 Å². The van der Waals surface area contributed by atoms with Crippen molar-refractivity contribution in [3.8, 4) is 5.75 Å². The average molecular weight is 425 g/mol. The molecule has 4 heteroatoms. The van der Waals surface area contributed by atoms with Crippen LogP contribution >= 0.6 is 15.9 Å². The number of carbonyl (C=O) groups is 1. The molecule has 0 radical (unpaired) electrons. The van der Waals surface area contributed by atoms with Crippen molar-refractivity contribution < 1.29 is 14.6 Å². The Morgan fingerprint density at radius 3 is 2.33 bits per heavy atom. The van der Waals surface area contributed by atoms with E-state index in [1.807, 2.05) is 42.5 Å². The lowest BCUT2D eigenvalue weighted by atomic mass is 10.0. The van der Waals surface area contributed by atoms with Crippen LogP contribution in [0.15, 0.2) is 77.3 Å². The molecule has 0 aliphatic rings. The van der Waals surface area contributed by atoms with Gasteiger partial charge in [0, 0.05) is 4.47 Å². The summed E-state index contributed by atoms with van der Waals surface area (Å²) >= 11 is 3.48. The first-order valence-electron chi connectivity index (χ1n) is 8.90. The summed E-state index contributed by atoms with van der Waals surface area (Å²) in [6, 6.07) is 23.5. The van der Waals surface area contributed by atoms with Crippen molar-refractivity contribution in [2.45, 2.75) is 25.9 Å². The highest BCUT2D eigenvalue weighted by molar-refractivity contribution is 9.10. The van der Waals surface area contributed by atoms with E-state index in [2.05, 4.69) is 34.1 Å². The lowest BCUT2D eigenvalue weighted by Crippen LogP contribution is -2.00. The zero-order chi connectivity index (χ0) is 19.1. The van der Waals surface area contributed by atoms with Crippen molar-refractivity contribution in [3.05, 3.63) is 99.5 Å². The number of ether oxygens (including phenoxy) is 1. The quantitative estimate of drug-likeness (QED) is 0.489. The summed E-state index contributed by atoms with van der Waals surface area (Å²) in [5.41, 5.74) is 3.74. The van der Waals surface area contributed by atoms with E-state index >= 15 is 0 Å². The van der Waals surface area contributed by atoms with Gasteiger partial charge in [0.1, 0.15) is 12.4 Å². The van der Waals surface area contributed by atoms with E-state index in [0.717, 1.165) is 40.6 Å². The summed E-state index contributed by atoms with van der Waals surface area (Å²) in [5.74, 6) is 0.00776. The molecule has 0 heterocycles. The molecule has 0 atom stereocenters. The van der Waals surface area contributed by atoms with E-state index < -0.39 is 5.97 Å². The number of benzene rings is 3. The number of carboxylic acid groups (broad SMARTS) is 1. The topological polar surface area (TPSA) is 46.5 Å². The summed E-state index contributed by atoms with van der Waals surface area (Å²) in [4.78, 5) is 11.0. The fraction of sp³-hybridized carbons (Fsp3) is 0.174. The molecule has 1 N–H and O–H groups in total. The largest absolute Gasteiger partial charge is 0.489 e. The number of aryl methyl sites for hydroxylation is 2. The highest BCUT2D eigenvalue weighted by Crippen LogP contribution is 2.24. The Kier molecular flexibility index (Phi) is 6.66. The Balaban J connectivity index is 1.59. The van der Waals surface area contributed by atoms with E-state index in [9.17, 15) is 4.79 Å². The fourth-order valence-corrected chi connectivity index (χ4v) is 3.52. The van der Waals surface area contributed by atoms with Crippen LogP contribution in [0.25, 0.3) is 0 Å². The summed E-state index contributed by atoms with van der Waals surface area (Å²) < 4.78 is 6.86. The predicted octanol–water partition coefficient (Wildman–Crippen LogP) is 5.90. The average Bonchev–Trinajstić information content (AvgIpc) is 2.69. The molecule has 3 rings (SSSR count). The number of aromatic carboxylic acids is 1. The van der Waals surface area contributed by atoms with E-state index in [0.29, 0.717) is 12.2 Å². The molecule has 0 spiro atoms. The van der Waals surface area contributed by atoms with Gasteiger partial charge in [0.2, 0.25) is 0 Å². The van der Waals surface area contributed by atoms with Crippen LogP contribution in [0.1, 0.15) is 33.5 Å². The monoisotopic (exact) mass is 424 g/mol. The molecule has 3 aromatic carbocycles. The maximum atomic E-state index is 11.0. The van der Waals surface area contributed by atoms with Gasteiger partial charge in [-0.2, -0.15) is 0 Å². The third kappa shape index (κ3) is 5.44. The van der Waals surface area contributed by atoms with Gasteiger partial charge in [-0.05, 0) is 54.2 Å². The number of halogens is 1. The second-order valence-electron chi connectivity index (χ2n) is 6.35. The van der Waals surface area contributed by atoms with Crippen molar-refractivity contribution in [1.29, 1.82) is 0 Å². The maximum Gasteiger partial charge on any atom is 0.335 e. The molecule has 0 aromatic heterocycles. The minimum Gasteiger partial charge on any atom is -0.489 e. The van der Waals surface area contributed by atoms with Gasteiger partial charge in [-0.25, -0.2) is 4.79 Å². The van der Waals surface area contributed by atoms with Crippen LogP contribution < -0.4 is 4.74 Å². The molecule has 0 bridgehead atoms. The van der Waals surface area contributed by atoms with E-state index in [4.69, 9.17) is 9.84 Å². The van der Waals surface area contributed by atoms with Gasteiger partial charge in [0.05, 0.1) is 5.56 Å². The van der Waals surface area contributed by atoms with Crippen LogP contribution in [-0.2, 0) is 19.4 Å². The van der Waals surface area contributed by atoms with Gasteiger partial charge in [-0.15, -0.1) is 0 Å². The summed E-state index contributed by atoms with van der Waals surface area (Å²) in [7, 11) is 0. The van der Waals surface area contributed by atoms with Gasteiger partial charge in [-0.1, -0.05) is 70.5 Å². The first-order chi connectivity index (χ1) is 13.1. The molecule has 27 heavy (non-hydrogen) atoms. The van der Waals surface area contributed by atoms with E-state index in [-0.39, 0.29) is 0 Å². The van der Waals surface area contributed by atoms with Crippen molar-refractivity contribution in [1.82, 2.24) is 0 Å². The minimum atomic E-state index is -0.910. The highest BCUT2D eigenvalue weighted by Gasteiger charge is 2.08. The lowest BCUT2D eigenvalue weighted by Gasteiger charge is -2.12. The van der Waals surface area contributed by atoms with Crippen molar-refractivity contribution in [2.75, 3.05) is 0 Å². The van der Waals surface area contributed by atoms with Gasteiger partial charge < -0.3 is 9.84 Å². The summed E-state index contributed by atoms with van der Waals surface area (Å²) in [5, 5.41) is 9.05. The Labute approximate surface area is 167 Å². The number of para-hydroxylation sites is 1. The van der Waals surface area contributed by atoms with Crippen molar-refractivity contribution >= 4 is 21.9 Å². The van der Waals surface area contributed by atoms with Crippen LogP contribution in [0.4, 0.5) is 0 Å². The zero-order valence-corrected chi connectivity index (χ0v) is 16.5. The van der Waals surface area contributed by atoms with Gasteiger partial charge in [0.25, 0.3) is 0 Å². The second kappa shape index (κ2) is 9.38. The van der Waals surface area contributed by atoms with Crippen molar-refractivity contribution in [2.24, 2.45) is 0 Å². The van der Waals surface area contributed by atoms with Crippen LogP contribution in [0.2, 0.25) is 0 Å². The molecular formula is C23H21BrO3. The minimum absolute atomic E-state index is 0.297. The normalized spacial score (nSPS) is 10.6. The second-order valence-corrected chi connectivity index (χ2v) is 7.20. The first kappa shape index (κ1) is 19.2. The number of rotatable bonds is 8. The van der Waals surface area contributed by atoms with Crippen LogP contribution in [0.5, 0.6) is 5.75 Å². The Hall–Kier alpha value is -2.59. The SMILES string of the molecule is O=C(O)c1ccc(CCCc2ccccc2OCc2ccccc2)c(Br)c1. The Morgan fingerprint density at radius 1 is 0.889 bits per heavy atom. The summed E-state index contributed by atoms with van der Waals surface area (Å²) in [6.45, 7) is 0.556. The molecule has 0 aliphatic heterocycles. The number of hydrogen-bond acceptors (Lipinski definition) is 2. The number of carboxylic acids is 1. The lowest BCUT2D eigenvalue weighted by molar-refractivity contribution is 0.0697.